The molecular weight excluding hydrogens is 228 g/mol. The van der Waals surface area contributed by atoms with Crippen LogP contribution in [0.25, 0.3) is 10.9 Å². The van der Waals surface area contributed by atoms with Crippen LogP contribution in [0, 0.1) is 0 Å². The second-order valence-electron chi connectivity index (χ2n) is 4.17. The van der Waals surface area contributed by atoms with Crippen LogP contribution in [0.2, 0.25) is 0 Å². The van der Waals surface area contributed by atoms with Crippen molar-refractivity contribution in [3.63, 3.8) is 0 Å². The lowest BCUT2D eigenvalue weighted by Gasteiger charge is -2.14. The van der Waals surface area contributed by atoms with Crippen molar-refractivity contribution in [2.75, 3.05) is 0 Å². The molecule has 0 aliphatic heterocycles. The Balaban J connectivity index is 2.43. The number of aromatic nitrogens is 1. The third-order valence-electron chi connectivity index (χ3n) is 2.90. The molecule has 0 amide bonds. The van der Waals surface area contributed by atoms with Gasteiger partial charge < -0.3 is 5.73 Å². The van der Waals surface area contributed by atoms with Crippen molar-refractivity contribution < 1.29 is 0 Å². The van der Waals surface area contributed by atoms with E-state index in [2.05, 4.69) is 24.0 Å². The zero-order valence-electron chi connectivity index (χ0n) is 9.89. The normalized spacial score (nSPS) is 12.5. The number of benzene rings is 1. The molecule has 0 saturated heterocycles. The van der Waals surface area contributed by atoms with E-state index >= 15 is 0 Å². The van der Waals surface area contributed by atoms with E-state index in [0.29, 0.717) is 4.99 Å². The fourth-order valence-corrected chi connectivity index (χ4v) is 2.24. The molecule has 0 aliphatic carbocycles. The number of pyridine rings is 1. The predicted molar refractivity (Wildman–Crippen MR) is 76.2 cm³/mol. The molecule has 2 aromatic rings. The van der Waals surface area contributed by atoms with Gasteiger partial charge >= 0.3 is 0 Å². The SMILES string of the molecule is CCCC(C(N)=S)c1ccc2ccccc2n1. The maximum absolute atomic E-state index is 5.79. The summed E-state index contributed by atoms with van der Waals surface area (Å²) in [7, 11) is 0. The minimum absolute atomic E-state index is 0.0969. The molecule has 88 valence electrons. The van der Waals surface area contributed by atoms with Gasteiger partial charge in [-0.25, -0.2) is 0 Å². The molecule has 17 heavy (non-hydrogen) atoms. The van der Waals surface area contributed by atoms with E-state index in [-0.39, 0.29) is 5.92 Å². The van der Waals surface area contributed by atoms with Gasteiger partial charge in [-0.05, 0) is 18.6 Å². The van der Waals surface area contributed by atoms with Crippen molar-refractivity contribution in [1.29, 1.82) is 0 Å². The first kappa shape index (κ1) is 12.0. The molecular formula is C14H16N2S. The van der Waals surface area contributed by atoms with Crippen molar-refractivity contribution in [3.8, 4) is 0 Å². The van der Waals surface area contributed by atoms with Crippen molar-refractivity contribution in [2.24, 2.45) is 5.73 Å². The van der Waals surface area contributed by atoms with Crippen LogP contribution < -0.4 is 5.73 Å². The third-order valence-corrected chi connectivity index (χ3v) is 3.18. The van der Waals surface area contributed by atoms with Crippen LogP contribution in [-0.2, 0) is 0 Å². The average Bonchev–Trinajstić information content (AvgIpc) is 2.35. The van der Waals surface area contributed by atoms with Crippen LogP contribution in [0.3, 0.4) is 0 Å². The summed E-state index contributed by atoms with van der Waals surface area (Å²) < 4.78 is 0. The first-order valence-electron chi connectivity index (χ1n) is 5.87. The van der Waals surface area contributed by atoms with Crippen LogP contribution in [0.4, 0.5) is 0 Å². The van der Waals surface area contributed by atoms with Crippen LogP contribution in [0.1, 0.15) is 31.4 Å². The summed E-state index contributed by atoms with van der Waals surface area (Å²) in [6.45, 7) is 2.13. The Bertz CT molecular complexity index is 536. The van der Waals surface area contributed by atoms with Gasteiger partial charge in [-0.3, -0.25) is 4.98 Å². The van der Waals surface area contributed by atoms with E-state index in [1.165, 1.54) is 0 Å². The lowest BCUT2D eigenvalue weighted by atomic mass is 9.98. The summed E-state index contributed by atoms with van der Waals surface area (Å²) in [5.41, 5.74) is 7.78. The van der Waals surface area contributed by atoms with Gasteiger partial charge in [0.25, 0.3) is 0 Å². The van der Waals surface area contributed by atoms with Gasteiger partial charge in [0.1, 0.15) is 0 Å². The molecule has 2 N–H and O–H groups in total. The molecule has 0 fully saturated rings. The topological polar surface area (TPSA) is 38.9 Å². The average molecular weight is 244 g/mol. The minimum Gasteiger partial charge on any atom is -0.393 e. The molecule has 2 rings (SSSR count). The van der Waals surface area contributed by atoms with E-state index in [9.17, 15) is 0 Å². The van der Waals surface area contributed by atoms with Gasteiger partial charge in [0, 0.05) is 5.39 Å². The molecule has 1 heterocycles. The van der Waals surface area contributed by atoms with Crippen LogP contribution in [0.15, 0.2) is 36.4 Å². The molecule has 1 aromatic carbocycles. The molecule has 0 saturated carbocycles. The highest BCUT2D eigenvalue weighted by atomic mass is 32.1. The van der Waals surface area contributed by atoms with E-state index in [0.717, 1.165) is 29.4 Å². The lowest BCUT2D eigenvalue weighted by Crippen LogP contribution is -2.20. The van der Waals surface area contributed by atoms with Crippen molar-refractivity contribution in [2.45, 2.75) is 25.7 Å². The van der Waals surface area contributed by atoms with Crippen molar-refractivity contribution in [3.05, 3.63) is 42.1 Å². The summed E-state index contributed by atoms with van der Waals surface area (Å²) in [6, 6.07) is 12.2. The molecule has 0 bridgehead atoms. The molecule has 1 unspecified atom stereocenters. The fourth-order valence-electron chi connectivity index (χ4n) is 2.00. The number of fused-ring (bicyclic) bond motifs is 1. The van der Waals surface area contributed by atoms with Gasteiger partial charge in [0.15, 0.2) is 0 Å². The van der Waals surface area contributed by atoms with E-state index < -0.39 is 0 Å². The first-order chi connectivity index (χ1) is 8.22. The number of thiocarbonyl (C=S) groups is 1. The third kappa shape index (κ3) is 2.61. The van der Waals surface area contributed by atoms with Gasteiger partial charge in [-0.1, -0.05) is 49.8 Å². The summed E-state index contributed by atoms with van der Waals surface area (Å²) in [5, 5.41) is 1.15. The van der Waals surface area contributed by atoms with Crippen LogP contribution in [-0.4, -0.2) is 9.97 Å². The Morgan fingerprint density at radius 2 is 2.06 bits per heavy atom. The summed E-state index contributed by atoms with van der Waals surface area (Å²) >= 11 is 5.12. The number of nitrogens with two attached hydrogens (primary N) is 1. The number of para-hydroxylation sites is 1. The van der Waals surface area contributed by atoms with E-state index in [1.54, 1.807) is 0 Å². The van der Waals surface area contributed by atoms with Crippen LogP contribution >= 0.6 is 12.2 Å². The number of hydrogen-bond donors (Lipinski definition) is 1. The van der Waals surface area contributed by atoms with Crippen LogP contribution in [0.5, 0.6) is 0 Å². The fraction of sp³-hybridized carbons (Fsp3) is 0.286. The Morgan fingerprint density at radius 1 is 1.29 bits per heavy atom. The molecule has 1 aromatic heterocycles. The maximum Gasteiger partial charge on any atom is 0.0819 e. The standard InChI is InChI=1S/C14H16N2S/c1-2-5-11(14(15)17)13-9-8-10-6-3-4-7-12(10)16-13/h3-4,6-9,11H,2,5H2,1H3,(H2,15,17). The predicted octanol–water partition coefficient (Wildman–Crippen LogP) is 3.40. The molecule has 2 nitrogen and oxygen atoms in total. The van der Waals surface area contributed by atoms with Gasteiger partial charge in [0.2, 0.25) is 0 Å². The lowest BCUT2D eigenvalue weighted by molar-refractivity contribution is 0.731. The van der Waals surface area contributed by atoms with Crippen molar-refractivity contribution in [1.82, 2.24) is 4.98 Å². The molecule has 0 aliphatic rings. The highest BCUT2D eigenvalue weighted by molar-refractivity contribution is 7.80. The Labute approximate surface area is 107 Å². The second kappa shape index (κ2) is 5.23. The van der Waals surface area contributed by atoms with E-state index in [1.807, 2.05) is 24.3 Å². The monoisotopic (exact) mass is 244 g/mol. The smallest absolute Gasteiger partial charge is 0.0819 e. The zero-order chi connectivity index (χ0) is 12.3. The summed E-state index contributed by atoms with van der Waals surface area (Å²) in [5.74, 6) is 0.0969. The second-order valence-corrected chi connectivity index (χ2v) is 4.64. The Hall–Kier alpha value is -1.48. The summed E-state index contributed by atoms with van der Waals surface area (Å²) in [4.78, 5) is 5.18. The maximum atomic E-state index is 5.79. The summed E-state index contributed by atoms with van der Waals surface area (Å²) in [6.07, 6.45) is 2.01. The molecule has 3 heteroatoms. The number of rotatable bonds is 4. The van der Waals surface area contributed by atoms with Gasteiger partial charge in [0.05, 0.1) is 22.1 Å². The minimum atomic E-state index is 0.0969. The molecule has 1 atom stereocenters. The van der Waals surface area contributed by atoms with Crippen molar-refractivity contribution >= 4 is 28.1 Å². The number of nitrogens with zero attached hydrogens (tertiary/aromatic N) is 1. The highest BCUT2D eigenvalue weighted by Crippen LogP contribution is 2.22. The largest absolute Gasteiger partial charge is 0.393 e. The van der Waals surface area contributed by atoms with Gasteiger partial charge in [-0.15, -0.1) is 0 Å². The quantitative estimate of drug-likeness (QED) is 0.838. The Kier molecular flexibility index (Phi) is 3.69. The molecule has 0 radical (unpaired) electrons. The highest BCUT2D eigenvalue weighted by Gasteiger charge is 2.15. The Morgan fingerprint density at radius 3 is 2.76 bits per heavy atom. The molecule has 0 spiro atoms. The number of hydrogen-bond acceptors (Lipinski definition) is 2. The van der Waals surface area contributed by atoms with E-state index in [4.69, 9.17) is 18.0 Å². The van der Waals surface area contributed by atoms with Gasteiger partial charge in [-0.2, -0.15) is 0 Å². The zero-order valence-corrected chi connectivity index (χ0v) is 10.7. The first-order valence-corrected chi connectivity index (χ1v) is 6.28.